The van der Waals surface area contributed by atoms with E-state index in [1.54, 1.807) is 0 Å². The maximum absolute atomic E-state index is 3.99. The molecule has 0 aromatic heterocycles. The molecular weight excluding hydrogens is 316 g/mol. The van der Waals surface area contributed by atoms with Crippen LogP contribution in [0.4, 0.5) is 0 Å². The molecule has 1 saturated carbocycles. The van der Waals surface area contributed by atoms with Crippen LogP contribution in [0.15, 0.2) is 60.7 Å². The van der Waals surface area contributed by atoms with Gasteiger partial charge in [-0.2, -0.15) is 0 Å². The summed E-state index contributed by atoms with van der Waals surface area (Å²) in [6.07, 6.45) is 6.70. The average Bonchev–Trinajstić information content (AvgIpc) is 3.12. The fourth-order valence-corrected chi connectivity index (χ4v) is 6.06. The van der Waals surface area contributed by atoms with Gasteiger partial charge in [-0.05, 0) is 62.9 Å². The van der Waals surface area contributed by atoms with E-state index in [4.69, 9.17) is 0 Å². The van der Waals surface area contributed by atoms with Crippen molar-refractivity contribution in [3.05, 3.63) is 71.8 Å². The Hall–Kier alpha value is -1.64. The van der Waals surface area contributed by atoms with Gasteiger partial charge in [-0.15, -0.1) is 0 Å². The van der Waals surface area contributed by atoms with Crippen LogP contribution in [0.3, 0.4) is 0 Å². The molecule has 2 heteroatoms. The van der Waals surface area contributed by atoms with Crippen LogP contribution in [0.25, 0.3) is 0 Å². The van der Waals surface area contributed by atoms with Gasteiger partial charge in [0.1, 0.15) is 0 Å². The molecule has 4 fully saturated rings. The van der Waals surface area contributed by atoms with E-state index in [9.17, 15) is 0 Å². The zero-order chi connectivity index (χ0) is 17.4. The molecule has 3 saturated heterocycles. The van der Waals surface area contributed by atoms with E-state index in [0.717, 1.165) is 6.54 Å². The molecule has 4 aliphatic rings. The van der Waals surface area contributed by atoms with Crippen molar-refractivity contribution in [3.63, 3.8) is 0 Å². The third-order valence-electron chi connectivity index (χ3n) is 7.27. The summed E-state index contributed by atoms with van der Waals surface area (Å²) in [5.41, 5.74) is 3.42. The Morgan fingerprint density at radius 2 is 1.31 bits per heavy atom. The number of rotatable bonds is 3. The fraction of sp³-hybridized carbons (Fsp3) is 0.500. The van der Waals surface area contributed by atoms with Crippen LogP contribution in [0.5, 0.6) is 0 Å². The van der Waals surface area contributed by atoms with Crippen molar-refractivity contribution in [1.29, 1.82) is 0 Å². The van der Waals surface area contributed by atoms with Crippen molar-refractivity contribution < 1.29 is 0 Å². The molecule has 2 aromatic rings. The first kappa shape index (κ1) is 16.5. The van der Waals surface area contributed by atoms with Crippen LogP contribution < -0.4 is 5.32 Å². The molecule has 26 heavy (non-hydrogen) atoms. The lowest BCUT2D eigenvalue weighted by atomic mass is 9.63. The zero-order valence-corrected chi connectivity index (χ0v) is 15.6. The van der Waals surface area contributed by atoms with E-state index in [-0.39, 0.29) is 0 Å². The predicted octanol–water partition coefficient (Wildman–Crippen LogP) is 4.54. The van der Waals surface area contributed by atoms with E-state index >= 15 is 0 Å². The Balaban J connectivity index is 1.58. The molecule has 1 aliphatic carbocycles. The predicted molar refractivity (Wildman–Crippen MR) is 108 cm³/mol. The largest absolute Gasteiger partial charge is 0.313 e. The van der Waals surface area contributed by atoms with Crippen LogP contribution in [0, 0.1) is 0 Å². The van der Waals surface area contributed by atoms with E-state index in [2.05, 4.69) is 70.9 Å². The second-order valence-corrected chi connectivity index (χ2v) is 8.59. The van der Waals surface area contributed by atoms with Gasteiger partial charge in [0.25, 0.3) is 0 Å². The Morgan fingerprint density at radius 3 is 1.85 bits per heavy atom. The van der Waals surface area contributed by atoms with Crippen molar-refractivity contribution in [3.8, 4) is 0 Å². The number of fused-ring (bicyclic) bond motifs is 4. The topological polar surface area (TPSA) is 15.3 Å². The minimum atomic E-state index is 0.373. The van der Waals surface area contributed by atoms with E-state index in [1.807, 2.05) is 0 Å². The first-order chi connectivity index (χ1) is 12.9. The number of hydrogen-bond donors (Lipinski definition) is 1. The minimum absolute atomic E-state index is 0.373. The lowest BCUT2D eigenvalue weighted by Crippen LogP contribution is -2.53. The van der Waals surface area contributed by atoms with Gasteiger partial charge < -0.3 is 5.32 Å². The van der Waals surface area contributed by atoms with Gasteiger partial charge in [-0.1, -0.05) is 60.7 Å². The fourth-order valence-electron chi connectivity index (χ4n) is 6.06. The summed E-state index contributed by atoms with van der Waals surface area (Å²) in [6.45, 7) is 3.76. The van der Waals surface area contributed by atoms with Crippen molar-refractivity contribution in [2.75, 3.05) is 19.6 Å². The highest BCUT2D eigenvalue weighted by atomic mass is 15.2. The van der Waals surface area contributed by atoms with Crippen LogP contribution >= 0.6 is 0 Å². The quantitative estimate of drug-likeness (QED) is 0.877. The van der Waals surface area contributed by atoms with Gasteiger partial charge in [0, 0.05) is 23.4 Å². The van der Waals surface area contributed by atoms with E-state index in [0.29, 0.717) is 23.4 Å². The van der Waals surface area contributed by atoms with Gasteiger partial charge >= 0.3 is 0 Å². The maximum Gasteiger partial charge on any atom is 0.0234 e. The lowest BCUT2D eigenvalue weighted by Gasteiger charge is -2.51. The van der Waals surface area contributed by atoms with Crippen LogP contribution in [0.1, 0.15) is 55.1 Å². The molecule has 0 spiro atoms. The summed E-state index contributed by atoms with van der Waals surface area (Å²) in [6, 6.07) is 23.1. The molecule has 0 radical (unpaired) electrons. The lowest BCUT2D eigenvalue weighted by molar-refractivity contribution is 0.0552. The molecule has 0 unspecified atom stereocenters. The number of nitrogens with one attached hydrogen (secondary N) is 1. The highest BCUT2D eigenvalue weighted by Gasteiger charge is 2.51. The smallest absolute Gasteiger partial charge is 0.0234 e. The second-order valence-electron chi connectivity index (χ2n) is 8.59. The van der Waals surface area contributed by atoms with Gasteiger partial charge in [0.15, 0.2) is 0 Å². The summed E-state index contributed by atoms with van der Waals surface area (Å²) in [4.78, 5) is 2.86. The van der Waals surface area contributed by atoms with Gasteiger partial charge in [0.2, 0.25) is 0 Å². The number of likely N-dealkylation sites (tertiary alicyclic amines) is 1. The van der Waals surface area contributed by atoms with Crippen molar-refractivity contribution in [2.45, 2.75) is 55.5 Å². The number of hydrogen-bond acceptors (Lipinski definition) is 2. The summed E-state index contributed by atoms with van der Waals surface area (Å²) in [7, 11) is 0. The zero-order valence-electron chi connectivity index (χ0n) is 15.6. The summed E-state index contributed by atoms with van der Waals surface area (Å²) in [5, 5.41) is 3.99. The SMILES string of the molecule is c1ccc([C@@H]2CC3(N4CCCC4)CCNC2[C@H](c2ccccc2)C3)cc1. The Bertz CT molecular complexity index is 671. The number of benzene rings is 2. The van der Waals surface area contributed by atoms with Crippen LogP contribution in [0.2, 0.25) is 0 Å². The first-order valence-corrected chi connectivity index (χ1v) is 10.4. The standard InChI is InChI=1S/C24H30N2/c1-3-9-19(10-4-1)21-17-24(26-15-7-8-16-26)13-14-25-23(21)22(18-24)20-11-5-2-6-12-20/h1-6,9-12,21-23,25H,7-8,13-18H2/t21-,22-,23?,24?/m0/s1. The van der Waals surface area contributed by atoms with Gasteiger partial charge in [0.05, 0.1) is 0 Å². The molecule has 2 aromatic carbocycles. The molecule has 3 heterocycles. The molecular formula is C24H30N2. The van der Waals surface area contributed by atoms with Crippen molar-refractivity contribution in [2.24, 2.45) is 0 Å². The Kier molecular flexibility index (Phi) is 4.34. The average molecular weight is 347 g/mol. The molecule has 136 valence electrons. The molecule has 0 amide bonds. The second kappa shape index (κ2) is 6.83. The first-order valence-electron chi connectivity index (χ1n) is 10.4. The molecule has 6 rings (SSSR count). The monoisotopic (exact) mass is 346 g/mol. The summed E-state index contributed by atoms with van der Waals surface area (Å²) >= 11 is 0. The normalized spacial score (nSPS) is 34.7. The van der Waals surface area contributed by atoms with Crippen molar-refractivity contribution in [1.82, 2.24) is 10.2 Å². The van der Waals surface area contributed by atoms with Crippen molar-refractivity contribution >= 4 is 0 Å². The summed E-state index contributed by atoms with van der Waals surface area (Å²) < 4.78 is 0. The van der Waals surface area contributed by atoms with Gasteiger partial charge in [-0.3, -0.25) is 4.90 Å². The number of nitrogens with zero attached hydrogens (tertiary/aromatic N) is 1. The molecule has 2 bridgehead atoms. The maximum atomic E-state index is 3.99. The molecule has 2 atom stereocenters. The third-order valence-corrected chi connectivity index (χ3v) is 7.27. The van der Waals surface area contributed by atoms with E-state index in [1.165, 1.54) is 56.3 Å². The Morgan fingerprint density at radius 1 is 0.769 bits per heavy atom. The molecule has 3 aliphatic heterocycles. The molecule has 2 nitrogen and oxygen atoms in total. The van der Waals surface area contributed by atoms with Gasteiger partial charge in [-0.25, -0.2) is 0 Å². The minimum Gasteiger partial charge on any atom is -0.313 e. The highest BCUT2D eigenvalue weighted by Crippen LogP contribution is 2.52. The Labute approximate surface area is 157 Å². The summed E-state index contributed by atoms with van der Waals surface area (Å²) in [5.74, 6) is 1.22. The molecule has 1 N–H and O–H groups in total. The van der Waals surface area contributed by atoms with Crippen LogP contribution in [-0.2, 0) is 0 Å². The highest BCUT2D eigenvalue weighted by molar-refractivity contribution is 5.32. The van der Waals surface area contributed by atoms with Crippen LogP contribution in [-0.4, -0.2) is 36.1 Å². The van der Waals surface area contributed by atoms with E-state index < -0.39 is 0 Å². The third kappa shape index (κ3) is 2.80.